The number of anilines is 4. The molecule has 0 atom stereocenters. The molecular formula is C27H31N7O2. The van der Waals surface area contributed by atoms with Crippen molar-refractivity contribution in [3.05, 3.63) is 66.6 Å². The van der Waals surface area contributed by atoms with Crippen molar-refractivity contribution in [1.82, 2.24) is 4.98 Å². The van der Waals surface area contributed by atoms with Crippen LogP contribution in [0.15, 0.2) is 71.6 Å². The number of nitrogens with zero attached hydrogens (tertiary/aromatic N) is 5. The molecule has 1 aromatic heterocycles. The van der Waals surface area contributed by atoms with E-state index in [1.165, 1.54) is 11.4 Å². The van der Waals surface area contributed by atoms with Gasteiger partial charge in [-0.3, -0.25) is 4.98 Å². The summed E-state index contributed by atoms with van der Waals surface area (Å²) >= 11 is 0. The number of morpholine rings is 2. The second-order valence-corrected chi connectivity index (χ2v) is 9.08. The first kappa shape index (κ1) is 22.6. The van der Waals surface area contributed by atoms with Crippen LogP contribution in [0.5, 0.6) is 0 Å². The lowest BCUT2D eigenvalue weighted by atomic mass is 10.1. The van der Waals surface area contributed by atoms with Crippen molar-refractivity contribution < 1.29 is 9.47 Å². The predicted molar refractivity (Wildman–Crippen MR) is 145 cm³/mol. The Bertz CT molecular complexity index is 1250. The fraction of sp³-hybridized carbons (Fsp3) is 0.333. The first-order valence-corrected chi connectivity index (χ1v) is 12.5. The molecule has 9 heteroatoms. The van der Waals surface area contributed by atoms with Crippen molar-refractivity contribution in [2.24, 2.45) is 10.7 Å². The molecular weight excluding hydrogens is 454 g/mol. The van der Waals surface area contributed by atoms with Gasteiger partial charge in [-0.15, -0.1) is 0 Å². The molecule has 3 N–H and O–H groups in total. The zero-order valence-electron chi connectivity index (χ0n) is 20.3. The molecule has 0 aliphatic carbocycles. The normalized spacial score (nSPS) is 18.7. The number of pyridine rings is 1. The molecule has 2 fully saturated rings. The Kier molecular flexibility index (Phi) is 6.31. The highest BCUT2D eigenvalue weighted by Gasteiger charge is 2.22. The number of aromatic nitrogens is 1. The zero-order valence-corrected chi connectivity index (χ0v) is 20.3. The first-order valence-electron chi connectivity index (χ1n) is 12.5. The SMILES string of the molecule is NC1=CCN(c2cccc3ncccc23)C(Nc2cc(N3CCOCC3)cc(N3CCOCC3)c2)=N1. The zero-order chi connectivity index (χ0) is 24.3. The standard InChI is InChI=1S/C27H31N7O2/c28-26-6-8-34(25-5-1-4-24-23(25)3-2-7-29-24)27(31-26)30-20-17-21(32-9-13-35-14-10-32)19-22(18-20)33-11-15-36-16-12-33/h1-7,17-19H,8-16,28H2,(H,30,31). The van der Waals surface area contributed by atoms with Gasteiger partial charge in [-0.1, -0.05) is 6.07 Å². The van der Waals surface area contributed by atoms with E-state index in [9.17, 15) is 0 Å². The number of nitrogens with one attached hydrogen (secondary N) is 1. The Hall–Kier alpha value is -3.82. The van der Waals surface area contributed by atoms with Crippen LogP contribution in [0.1, 0.15) is 0 Å². The minimum absolute atomic E-state index is 0.504. The molecule has 0 unspecified atom stereocenters. The highest BCUT2D eigenvalue weighted by molar-refractivity contribution is 6.11. The topological polar surface area (TPSA) is 91.5 Å². The molecule has 0 spiro atoms. The third kappa shape index (κ3) is 4.67. The molecule has 0 radical (unpaired) electrons. The van der Waals surface area contributed by atoms with E-state index in [1.807, 2.05) is 30.5 Å². The van der Waals surface area contributed by atoms with Gasteiger partial charge in [0.1, 0.15) is 5.82 Å². The lowest BCUT2D eigenvalue weighted by Gasteiger charge is -2.34. The molecule has 0 saturated carbocycles. The Balaban J connectivity index is 1.37. The Morgan fingerprint density at radius 3 is 2.22 bits per heavy atom. The number of rotatable bonds is 4. The van der Waals surface area contributed by atoms with E-state index in [2.05, 4.69) is 55.3 Å². The van der Waals surface area contributed by atoms with Crippen LogP contribution in [0, 0.1) is 0 Å². The van der Waals surface area contributed by atoms with E-state index in [-0.39, 0.29) is 0 Å². The molecule has 9 nitrogen and oxygen atoms in total. The average Bonchev–Trinajstić information content (AvgIpc) is 2.94. The second-order valence-electron chi connectivity index (χ2n) is 9.08. The maximum Gasteiger partial charge on any atom is 0.209 e. The molecule has 0 bridgehead atoms. The van der Waals surface area contributed by atoms with Gasteiger partial charge in [0.25, 0.3) is 0 Å². The largest absolute Gasteiger partial charge is 0.384 e. The van der Waals surface area contributed by atoms with Gasteiger partial charge in [0, 0.05) is 61.4 Å². The van der Waals surface area contributed by atoms with E-state index in [1.54, 1.807) is 0 Å². The van der Waals surface area contributed by atoms with E-state index < -0.39 is 0 Å². The molecule has 6 rings (SSSR count). The van der Waals surface area contributed by atoms with E-state index in [4.69, 9.17) is 20.2 Å². The summed E-state index contributed by atoms with van der Waals surface area (Å²) in [5, 5.41) is 4.67. The van der Waals surface area contributed by atoms with Crippen LogP contribution in [0.4, 0.5) is 22.7 Å². The Morgan fingerprint density at radius 2 is 1.53 bits per heavy atom. The predicted octanol–water partition coefficient (Wildman–Crippen LogP) is 3.00. The number of hydrogen-bond acceptors (Lipinski definition) is 9. The third-order valence-electron chi connectivity index (χ3n) is 6.80. The van der Waals surface area contributed by atoms with Crippen LogP contribution in [0.2, 0.25) is 0 Å². The van der Waals surface area contributed by atoms with Crippen molar-refractivity contribution in [1.29, 1.82) is 0 Å². The number of benzene rings is 2. The molecule has 36 heavy (non-hydrogen) atoms. The molecule has 186 valence electrons. The second kappa shape index (κ2) is 10.0. The molecule has 2 saturated heterocycles. The van der Waals surface area contributed by atoms with Crippen LogP contribution in [0.3, 0.4) is 0 Å². The van der Waals surface area contributed by atoms with Crippen LogP contribution in [-0.2, 0) is 9.47 Å². The van der Waals surface area contributed by atoms with Gasteiger partial charge in [-0.05, 0) is 48.5 Å². The summed E-state index contributed by atoms with van der Waals surface area (Å²) in [6.45, 7) is 7.06. The Morgan fingerprint density at radius 1 is 0.833 bits per heavy atom. The molecule has 3 aliphatic heterocycles. The molecule has 3 aromatic rings. The van der Waals surface area contributed by atoms with Gasteiger partial charge in [0.05, 0.1) is 37.6 Å². The molecule has 2 aromatic carbocycles. The lowest BCUT2D eigenvalue weighted by molar-refractivity contribution is 0.122. The maximum absolute atomic E-state index is 6.18. The van der Waals surface area contributed by atoms with Crippen LogP contribution in [0.25, 0.3) is 10.9 Å². The Labute approximate surface area is 210 Å². The van der Waals surface area contributed by atoms with Crippen molar-refractivity contribution in [2.75, 3.05) is 79.2 Å². The summed E-state index contributed by atoms with van der Waals surface area (Å²) in [5.41, 5.74) is 11.5. The average molecular weight is 486 g/mol. The highest BCUT2D eigenvalue weighted by atomic mass is 16.5. The summed E-state index contributed by atoms with van der Waals surface area (Å²) in [6.07, 6.45) is 3.75. The van der Waals surface area contributed by atoms with Gasteiger partial charge < -0.3 is 35.2 Å². The lowest BCUT2D eigenvalue weighted by Crippen LogP contribution is -2.40. The minimum Gasteiger partial charge on any atom is -0.384 e. The van der Waals surface area contributed by atoms with Gasteiger partial charge >= 0.3 is 0 Å². The summed E-state index contributed by atoms with van der Waals surface area (Å²) < 4.78 is 11.2. The smallest absolute Gasteiger partial charge is 0.209 e. The van der Waals surface area contributed by atoms with Gasteiger partial charge in [0.2, 0.25) is 5.96 Å². The monoisotopic (exact) mass is 485 g/mol. The van der Waals surface area contributed by atoms with Gasteiger partial charge in [-0.2, -0.15) is 4.99 Å². The molecule has 4 heterocycles. The fourth-order valence-electron chi connectivity index (χ4n) is 4.93. The summed E-state index contributed by atoms with van der Waals surface area (Å²) in [6, 6.07) is 16.9. The molecule has 0 amide bonds. The number of guanidine groups is 1. The first-order chi connectivity index (χ1) is 17.7. The number of ether oxygens (including phenoxy) is 2. The quantitative estimate of drug-likeness (QED) is 0.583. The van der Waals surface area contributed by atoms with Gasteiger partial charge in [-0.25, -0.2) is 0 Å². The number of nitrogens with two attached hydrogens (primary N) is 1. The van der Waals surface area contributed by atoms with Crippen molar-refractivity contribution in [3.8, 4) is 0 Å². The van der Waals surface area contributed by atoms with Gasteiger partial charge in [0.15, 0.2) is 0 Å². The van der Waals surface area contributed by atoms with E-state index in [0.29, 0.717) is 18.3 Å². The summed E-state index contributed by atoms with van der Waals surface area (Å²) in [4.78, 5) is 16.1. The number of fused-ring (bicyclic) bond motifs is 1. The van der Waals surface area contributed by atoms with E-state index >= 15 is 0 Å². The van der Waals surface area contributed by atoms with Crippen molar-refractivity contribution in [2.45, 2.75) is 0 Å². The minimum atomic E-state index is 0.504. The van der Waals surface area contributed by atoms with E-state index in [0.717, 1.165) is 74.9 Å². The van der Waals surface area contributed by atoms with Crippen LogP contribution >= 0.6 is 0 Å². The van der Waals surface area contributed by atoms with Crippen molar-refractivity contribution in [3.63, 3.8) is 0 Å². The van der Waals surface area contributed by atoms with Crippen molar-refractivity contribution >= 4 is 39.6 Å². The molecule has 3 aliphatic rings. The van der Waals surface area contributed by atoms with Crippen LogP contribution in [-0.4, -0.2) is 70.1 Å². The third-order valence-corrected chi connectivity index (χ3v) is 6.80. The summed E-state index contributed by atoms with van der Waals surface area (Å²) in [7, 11) is 0. The summed E-state index contributed by atoms with van der Waals surface area (Å²) in [5.74, 6) is 1.20. The van der Waals surface area contributed by atoms with Crippen LogP contribution < -0.4 is 25.8 Å². The highest BCUT2D eigenvalue weighted by Crippen LogP contribution is 2.31. The maximum atomic E-state index is 6.18. The number of hydrogen-bond donors (Lipinski definition) is 2. The number of aliphatic imine (C=N–C) groups is 1. The fourth-order valence-corrected chi connectivity index (χ4v) is 4.93.